The Hall–Kier alpha value is -0.920. The Morgan fingerprint density at radius 3 is 2.81 bits per heavy atom. The lowest BCUT2D eigenvalue weighted by molar-refractivity contribution is 0.312. The van der Waals surface area contributed by atoms with Gasteiger partial charge in [-0.1, -0.05) is 13.3 Å². The van der Waals surface area contributed by atoms with Crippen molar-refractivity contribution in [3.8, 4) is 0 Å². The van der Waals surface area contributed by atoms with E-state index in [2.05, 4.69) is 10.3 Å². The van der Waals surface area contributed by atoms with Crippen LogP contribution in [0.25, 0.3) is 0 Å². The number of piperidine rings is 1. The average molecular weight is 314 g/mol. The predicted molar refractivity (Wildman–Crippen MR) is 82.6 cm³/mol. The van der Waals surface area contributed by atoms with Gasteiger partial charge in [-0.25, -0.2) is 13.4 Å². The number of hydrogen-bond acceptors (Lipinski definition) is 4. The zero-order valence-electron chi connectivity index (χ0n) is 13.0. The third kappa shape index (κ3) is 4.05. The van der Waals surface area contributed by atoms with Crippen molar-refractivity contribution in [2.75, 3.05) is 19.6 Å². The van der Waals surface area contributed by atoms with Crippen molar-refractivity contribution in [3.05, 3.63) is 12.5 Å². The molecule has 0 aromatic carbocycles. The first-order chi connectivity index (χ1) is 10.1. The monoisotopic (exact) mass is 314 g/mol. The number of sulfonamides is 1. The van der Waals surface area contributed by atoms with E-state index in [1.54, 1.807) is 21.4 Å². The van der Waals surface area contributed by atoms with Crippen LogP contribution in [0.3, 0.4) is 0 Å². The van der Waals surface area contributed by atoms with E-state index >= 15 is 0 Å². The van der Waals surface area contributed by atoms with Crippen LogP contribution in [-0.2, 0) is 16.6 Å². The number of aromatic nitrogens is 2. The quantitative estimate of drug-likeness (QED) is 0.827. The van der Waals surface area contributed by atoms with Crippen molar-refractivity contribution < 1.29 is 8.42 Å². The SMILES string of the molecule is CCCN(CC1CCCCN1)S(=O)(=O)c1cn(CC)cn1. The Balaban J connectivity index is 2.14. The number of hydrogen-bond donors (Lipinski definition) is 1. The molecule has 2 heterocycles. The van der Waals surface area contributed by atoms with Gasteiger partial charge in [-0.3, -0.25) is 0 Å². The molecule has 0 aliphatic carbocycles. The zero-order chi connectivity index (χ0) is 15.3. The summed E-state index contributed by atoms with van der Waals surface area (Å²) in [7, 11) is -3.49. The van der Waals surface area contributed by atoms with Gasteiger partial charge in [-0.15, -0.1) is 0 Å². The van der Waals surface area contributed by atoms with E-state index in [0.29, 0.717) is 13.1 Å². The molecule has 1 aliphatic heterocycles. The van der Waals surface area contributed by atoms with Crippen LogP contribution in [0.4, 0.5) is 0 Å². The Morgan fingerprint density at radius 1 is 1.43 bits per heavy atom. The minimum Gasteiger partial charge on any atom is -0.336 e. The maximum atomic E-state index is 12.7. The fraction of sp³-hybridized carbons (Fsp3) is 0.786. The van der Waals surface area contributed by atoms with Gasteiger partial charge in [0, 0.05) is 31.9 Å². The summed E-state index contributed by atoms with van der Waals surface area (Å²) in [6.07, 6.45) is 7.39. The highest BCUT2D eigenvalue weighted by Crippen LogP contribution is 2.17. The maximum Gasteiger partial charge on any atom is 0.262 e. The van der Waals surface area contributed by atoms with Crippen LogP contribution in [0.1, 0.15) is 39.5 Å². The first kappa shape index (κ1) is 16.5. The van der Waals surface area contributed by atoms with Crippen LogP contribution in [-0.4, -0.2) is 48.0 Å². The standard InChI is InChI=1S/C14H26N4O2S/c1-3-9-18(10-13-7-5-6-8-15-13)21(19,20)14-11-17(4-2)12-16-14/h11-13,15H,3-10H2,1-2H3. The molecule has 2 rings (SSSR count). The molecular formula is C14H26N4O2S. The van der Waals surface area contributed by atoms with Gasteiger partial charge in [-0.2, -0.15) is 4.31 Å². The summed E-state index contributed by atoms with van der Waals surface area (Å²) in [6, 6.07) is 0.258. The highest BCUT2D eigenvalue weighted by molar-refractivity contribution is 7.89. The van der Waals surface area contributed by atoms with Crippen LogP contribution in [0.5, 0.6) is 0 Å². The summed E-state index contributed by atoms with van der Waals surface area (Å²) >= 11 is 0. The van der Waals surface area contributed by atoms with Crippen molar-refractivity contribution in [3.63, 3.8) is 0 Å². The second-order valence-corrected chi connectivity index (χ2v) is 7.44. The number of rotatable bonds is 7. The minimum atomic E-state index is -3.49. The first-order valence-electron chi connectivity index (χ1n) is 7.83. The molecule has 6 nitrogen and oxygen atoms in total. The first-order valence-corrected chi connectivity index (χ1v) is 9.27. The van der Waals surface area contributed by atoms with Gasteiger partial charge in [-0.05, 0) is 32.7 Å². The van der Waals surface area contributed by atoms with Gasteiger partial charge in [0.05, 0.1) is 6.33 Å². The molecule has 0 saturated carbocycles. The normalized spacial score (nSPS) is 20.0. The molecule has 1 N–H and O–H groups in total. The van der Waals surface area contributed by atoms with Crippen molar-refractivity contribution in [1.82, 2.24) is 19.2 Å². The van der Waals surface area contributed by atoms with Crippen molar-refractivity contribution in [1.29, 1.82) is 0 Å². The van der Waals surface area contributed by atoms with Gasteiger partial charge in [0.1, 0.15) is 0 Å². The molecule has 1 aromatic heterocycles. The zero-order valence-corrected chi connectivity index (χ0v) is 13.8. The Bertz CT molecular complexity index is 535. The van der Waals surface area contributed by atoms with E-state index in [-0.39, 0.29) is 11.1 Å². The summed E-state index contributed by atoms with van der Waals surface area (Å²) in [5, 5.41) is 3.58. The molecule has 1 unspecified atom stereocenters. The fourth-order valence-corrected chi connectivity index (χ4v) is 4.18. The van der Waals surface area contributed by atoms with Gasteiger partial charge in [0.2, 0.25) is 0 Å². The lowest BCUT2D eigenvalue weighted by Crippen LogP contribution is -2.46. The van der Waals surface area contributed by atoms with Crippen molar-refractivity contribution >= 4 is 10.0 Å². The molecular weight excluding hydrogens is 288 g/mol. The van der Waals surface area contributed by atoms with Crippen molar-refractivity contribution in [2.45, 2.75) is 57.1 Å². The Kier molecular flexibility index (Phi) is 5.78. The van der Waals surface area contributed by atoms with E-state index in [4.69, 9.17) is 0 Å². The summed E-state index contributed by atoms with van der Waals surface area (Å²) in [5.74, 6) is 0. The summed E-state index contributed by atoms with van der Waals surface area (Å²) in [5.41, 5.74) is 0. The minimum absolute atomic E-state index is 0.161. The van der Waals surface area contributed by atoms with E-state index in [9.17, 15) is 8.42 Å². The average Bonchev–Trinajstić information content (AvgIpc) is 2.97. The Labute approximate surface area is 127 Å². The molecule has 0 radical (unpaired) electrons. The maximum absolute atomic E-state index is 12.7. The van der Waals surface area contributed by atoms with Gasteiger partial charge in [0.15, 0.2) is 5.03 Å². The lowest BCUT2D eigenvalue weighted by atomic mass is 10.1. The van der Waals surface area contributed by atoms with Crippen LogP contribution in [0, 0.1) is 0 Å². The number of aryl methyl sites for hydroxylation is 1. The van der Waals surface area contributed by atoms with Gasteiger partial charge in [0.25, 0.3) is 10.0 Å². The lowest BCUT2D eigenvalue weighted by Gasteiger charge is -2.29. The molecule has 0 bridgehead atoms. The summed E-state index contributed by atoms with van der Waals surface area (Å²) in [6.45, 7) is 6.75. The highest BCUT2D eigenvalue weighted by Gasteiger charge is 2.28. The van der Waals surface area contributed by atoms with E-state index < -0.39 is 10.0 Å². The fourth-order valence-electron chi connectivity index (χ4n) is 2.66. The highest BCUT2D eigenvalue weighted by atomic mass is 32.2. The van der Waals surface area contributed by atoms with Crippen LogP contribution < -0.4 is 5.32 Å². The molecule has 1 aliphatic rings. The molecule has 1 fully saturated rings. The topological polar surface area (TPSA) is 67.2 Å². The molecule has 1 saturated heterocycles. The summed E-state index contributed by atoms with van der Waals surface area (Å²) < 4.78 is 28.9. The van der Waals surface area contributed by atoms with Crippen LogP contribution in [0.2, 0.25) is 0 Å². The van der Waals surface area contributed by atoms with Crippen LogP contribution in [0.15, 0.2) is 17.6 Å². The molecule has 1 atom stereocenters. The third-order valence-corrected chi connectivity index (χ3v) is 5.64. The van der Waals surface area contributed by atoms with Crippen LogP contribution >= 0.6 is 0 Å². The Morgan fingerprint density at radius 2 is 2.24 bits per heavy atom. The molecule has 0 spiro atoms. The number of nitrogens with one attached hydrogen (secondary N) is 1. The predicted octanol–water partition coefficient (Wildman–Crippen LogP) is 1.45. The van der Waals surface area contributed by atoms with Gasteiger partial charge >= 0.3 is 0 Å². The third-order valence-electron chi connectivity index (χ3n) is 3.89. The van der Waals surface area contributed by atoms with Crippen molar-refractivity contribution in [2.24, 2.45) is 0 Å². The molecule has 21 heavy (non-hydrogen) atoms. The number of imidazole rings is 1. The van der Waals surface area contributed by atoms with E-state index in [0.717, 1.165) is 25.9 Å². The smallest absolute Gasteiger partial charge is 0.262 e. The molecule has 1 aromatic rings. The second kappa shape index (κ2) is 7.38. The molecule has 120 valence electrons. The molecule has 7 heteroatoms. The molecule has 0 amide bonds. The van der Waals surface area contributed by atoms with E-state index in [1.165, 1.54) is 12.8 Å². The number of nitrogens with zero attached hydrogens (tertiary/aromatic N) is 3. The largest absolute Gasteiger partial charge is 0.336 e. The van der Waals surface area contributed by atoms with E-state index in [1.807, 2.05) is 13.8 Å². The second-order valence-electron chi connectivity index (χ2n) is 5.55. The summed E-state index contributed by atoms with van der Waals surface area (Å²) in [4.78, 5) is 4.07. The van der Waals surface area contributed by atoms with Gasteiger partial charge < -0.3 is 9.88 Å².